The first-order valence-corrected chi connectivity index (χ1v) is 13.5. The number of Topliss-reactive ketones (excluding diaryl/α,β-unsaturated/α-hetero) is 2. The van der Waals surface area contributed by atoms with E-state index < -0.39 is 91.8 Å². The topological polar surface area (TPSA) is 63.2 Å². The molecule has 0 unspecified atom stereocenters. The first-order valence-electron chi connectivity index (χ1n) is 11.6. The van der Waals surface area contributed by atoms with Gasteiger partial charge in [0.25, 0.3) is 0 Å². The second-order valence-corrected chi connectivity index (χ2v) is 12.0. The number of carbonyl (C=O) groups is 3. The van der Waals surface area contributed by atoms with E-state index in [2.05, 4.69) is 5.32 Å². The fourth-order valence-corrected chi connectivity index (χ4v) is 5.97. The number of alkyl halides is 5. The SMILES string of the molecule is O=C(Cc1ccc(F)c(CC(=O)C(F)(F)F)c1F)c1cc(NC(=O)[C@H]2[C@H](c3cc(Cl)cc(Cl)c3)C2(Cl)Cl)cc(F)c1Cl. The number of halogens is 11. The van der Waals surface area contributed by atoms with Crippen molar-refractivity contribution in [2.45, 2.75) is 29.3 Å². The van der Waals surface area contributed by atoms with Crippen molar-refractivity contribution in [3.8, 4) is 0 Å². The Bertz CT molecular complexity index is 1610. The number of hydrogen-bond acceptors (Lipinski definition) is 3. The van der Waals surface area contributed by atoms with E-state index in [4.69, 9.17) is 58.0 Å². The van der Waals surface area contributed by atoms with Crippen molar-refractivity contribution in [1.82, 2.24) is 0 Å². The van der Waals surface area contributed by atoms with Gasteiger partial charge < -0.3 is 5.32 Å². The van der Waals surface area contributed by atoms with Gasteiger partial charge in [0.15, 0.2) is 5.78 Å². The highest BCUT2D eigenvalue weighted by Crippen LogP contribution is 2.65. The van der Waals surface area contributed by atoms with Crippen LogP contribution in [-0.2, 0) is 22.4 Å². The van der Waals surface area contributed by atoms with Gasteiger partial charge in [0.05, 0.1) is 10.9 Å². The number of hydrogen-bond donors (Lipinski definition) is 1. The number of nitrogens with one attached hydrogen (secondary N) is 1. The lowest BCUT2D eigenvalue weighted by Crippen LogP contribution is -2.25. The summed E-state index contributed by atoms with van der Waals surface area (Å²) in [6.45, 7) is 0. The Hall–Kier alpha value is -2.50. The molecule has 42 heavy (non-hydrogen) atoms. The summed E-state index contributed by atoms with van der Waals surface area (Å²) >= 11 is 30.6. The van der Waals surface area contributed by atoms with Crippen LogP contribution < -0.4 is 5.32 Å². The van der Waals surface area contributed by atoms with Gasteiger partial charge in [0, 0.05) is 45.6 Å². The molecule has 2 atom stereocenters. The number of rotatable bonds is 8. The molecule has 1 fully saturated rings. The van der Waals surface area contributed by atoms with Crippen LogP contribution in [0.1, 0.15) is 33.0 Å². The highest BCUT2D eigenvalue weighted by Gasteiger charge is 2.67. The highest BCUT2D eigenvalue weighted by atomic mass is 35.5. The maximum Gasteiger partial charge on any atom is 0.450 e. The van der Waals surface area contributed by atoms with Gasteiger partial charge in [-0.15, -0.1) is 23.2 Å². The van der Waals surface area contributed by atoms with Gasteiger partial charge in [0.2, 0.25) is 11.7 Å². The van der Waals surface area contributed by atoms with Crippen LogP contribution in [0.2, 0.25) is 15.1 Å². The summed E-state index contributed by atoms with van der Waals surface area (Å²) in [5, 5.41) is 2.23. The maximum atomic E-state index is 14.9. The summed E-state index contributed by atoms with van der Waals surface area (Å²) in [6.07, 6.45) is -7.87. The molecule has 1 aliphatic rings. The highest BCUT2D eigenvalue weighted by molar-refractivity contribution is 6.53. The Morgan fingerprint density at radius 1 is 0.857 bits per heavy atom. The van der Waals surface area contributed by atoms with Crippen LogP contribution in [0.3, 0.4) is 0 Å². The van der Waals surface area contributed by atoms with E-state index in [1.807, 2.05) is 0 Å². The minimum Gasteiger partial charge on any atom is -0.326 e. The van der Waals surface area contributed by atoms with Crippen molar-refractivity contribution in [2.75, 3.05) is 5.32 Å². The van der Waals surface area contributed by atoms with Crippen molar-refractivity contribution in [3.63, 3.8) is 0 Å². The largest absolute Gasteiger partial charge is 0.450 e. The number of anilines is 1. The third-order valence-corrected chi connectivity index (χ3v) is 8.21. The maximum absolute atomic E-state index is 14.9. The lowest BCUT2D eigenvalue weighted by atomic mass is 9.97. The van der Waals surface area contributed by atoms with Gasteiger partial charge in [-0.05, 0) is 47.5 Å². The number of ketones is 2. The standard InChI is InChI=1S/C27H14Cl5F6NO3/c28-12-3-11(4-13(29)6-12)21-22(26(21,31)32)25(42)39-14-7-16(23(30)18(34)8-14)19(40)5-10-1-2-17(33)15(24(10)35)9-20(41)27(36,37)38/h1-4,6-8,21-22H,5,9H2,(H,39,42)/t21-,22+/m0/s1. The van der Waals surface area contributed by atoms with Gasteiger partial charge in [-0.1, -0.05) is 40.9 Å². The quantitative estimate of drug-likeness (QED) is 0.146. The third-order valence-electron chi connectivity index (χ3n) is 6.45. The summed E-state index contributed by atoms with van der Waals surface area (Å²) in [5.74, 6) is -10.1. The molecule has 3 aromatic rings. The lowest BCUT2D eigenvalue weighted by Gasteiger charge is -2.12. The summed E-state index contributed by atoms with van der Waals surface area (Å²) < 4.78 is 79.9. The monoisotopic (exact) mass is 689 g/mol. The van der Waals surface area contributed by atoms with Crippen molar-refractivity contribution >= 4 is 81.2 Å². The Morgan fingerprint density at radius 3 is 2.07 bits per heavy atom. The van der Waals surface area contributed by atoms with Crippen LogP contribution in [0, 0.1) is 23.4 Å². The van der Waals surface area contributed by atoms with Crippen molar-refractivity contribution < 1.29 is 40.7 Å². The first-order chi connectivity index (χ1) is 19.4. The molecule has 1 amide bonds. The van der Waals surface area contributed by atoms with E-state index >= 15 is 0 Å². The normalized spacial score (nSPS) is 17.6. The molecule has 0 heterocycles. The van der Waals surface area contributed by atoms with E-state index in [1.165, 1.54) is 18.2 Å². The van der Waals surface area contributed by atoms with Crippen molar-refractivity contribution in [3.05, 3.63) is 97.2 Å². The van der Waals surface area contributed by atoms with Gasteiger partial charge >= 0.3 is 6.18 Å². The molecule has 0 radical (unpaired) electrons. The van der Waals surface area contributed by atoms with Gasteiger partial charge in [-0.2, -0.15) is 13.2 Å². The lowest BCUT2D eigenvalue weighted by molar-refractivity contribution is -0.170. The molecule has 0 aliphatic heterocycles. The molecule has 1 N–H and O–H groups in total. The van der Waals surface area contributed by atoms with E-state index in [1.54, 1.807) is 0 Å². The van der Waals surface area contributed by atoms with E-state index in [-0.39, 0.29) is 15.7 Å². The van der Waals surface area contributed by atoms with Crippen molar-refractivity contribution in [1.29, 1.82) is 0 Å². The Balaban J connectivity index is 1.56. The molecule has 0 spiro atoms. The predicted octanol–water partition coefficient (Wildman–Crippen LogP) is 8.69. The van der Waals surface area contributed by atoms with E-state index in [0.29, 0.717) is 11.6 Å². The number of benzene rings is 3. The zero-order valence-corrected chi connectivity index (χ0v) is 24.3. The fourth-order valence-electron chi connectivity index (χ4n) is 4.38. The smallest absolute Gasteiger partial charge is 0.326 e. The van der Waals surface area contributed by atoms with Crippen molar-refractivity contribution in [2.24, 2.45) is 5.92 Å². The second-order valence-electron chi connectivity index (χ2n) is 9.34. The average molecular weight is 692 g/mol. The minimum absolute atomic E-state index is 0.250. The summed E-state index contributed by atoms with van der Waals surface area (Å²) in [5.41, 5.74) is -2.08. The Kier molecular flexibility index (Phi) is 9.17. The van der Waals surface area contributed by atoms with Crippen LogP contribution >= 0.6 is 58.0 Å². The average Bonchev–Trinajstić information content (AvgIpc) is 3.46. The van der Waals surface area contributed by atoms with Gasteiger partial charge in [-0.3, -0.25) is 14.4 Å². The summed E-state index contributed by atoms with van der Waals surface area (Å²) in [6, 6.07) is 7.66. The number of carbonyl (C=O) groups excluding carboxylic acids is 3. The van der Waals surface area contributed by atoms with E-state index in [9.17, 15) is 40.7 Å². The zero-order valence-electron chi connectivity index (χ0n) is 20.5. The molecule has 1 saturated carbocycles. The van der Waals surface area contributed by atoms with Crippen LogP contribution in [0.15, 0.2) is 42.5 Å². The van der Waals surface area contributed by atoms with Crippen LogP contribution in [0.25, 0.3) is 0 Å². The van der Waals surface area contributed by atoms with Crippen LogP contribution in [-0.4, -0.2) is 28.0 Å². The van der Waals surface area contributed by atoms with E-state index in [0.717, 1.165) is 18.2 Å². The molecule has 222 valence electrons. The third kappa shape index (κ3) is 6.68. The minimum atomic E-state index is -5.34. The molecule has 0 aromatic heterocycles. The molecular formula is C27H14Cl5F6NO3. The van der Waals surface area contributed by atoms with Gasteiger partial charge in [0.1, 0.15) is 21.8 Å². The zero-order chi connectivity index (χ0) is 31.3. The first kappa shape index (κ1) is 32.4. The molecule has 3 aromatic carbocycles. The molecule has 0 bridgehead atoms. The fraction of sp³-hybridized carbons (Fsp3) is 0.222. The van der Waals surface area contributed by atoms with Crippen LogP contribution in [0.5, 0.6) is 0 Å². The van der Waals surface area contributed by atoms with Crippen LogP contribution in [0.4, 0.5) is 32.0 Å². The summed E-state index contributed by atoms with van der Waals surface area (Å²) in [7, 11) is 0. The molecule has 1 aliphatic carbocycles. The molecule has 4 rings (SSSR count). The molecule has 4 nitrogen and oxygen atoms in total. The molecule has 15 heteroatoms. The van der Waals surface area contributed by atoms with Gasteiger partial charge in [-0.25, -0.2) is 13.2 Å². The molecule has 0 saturated heterocycles. The Morgan fingerprint density at radius 2 is 1.48 bits per heavy atom. The Labute approximate surface area is 258 Å². The predicted molar refractivity (Wildman–Crippen MR) is 146 cm³/mol. The molecular weight excluding hydrogens is 678 g/mol. The number of amides is 1. The summed E-state index contributed by atoms with van der Waals surface area (Å²) in [4.78, 5) is 37.2. The second kappa shape index (κ2) is 11.9.